The maximum absolute atomic E-state index is 12.4. The van der Waals surface area contributed by atoms with Gasteiger partial charge in [-0.25, -0.2) is 0 Å². The van der Waals surface area contributed by atoms with Crippen molar-refractivity contribution in [3.63, 3.8) is 0 Å². The van der Waals surface area contributed by atoms with Crippen LogP contribution in [0.4, 0.5) is 0 Å². The number of carbonyl (C=O) groups excluding carboxylic acids is 1. The summed E-state index contributed by atoms with van der Waals surface area (Å²) in [5, 5.41) is 0. The van der Waals surface area contributed by atoms with E-state index in [4.69, 9.17) is 4.74 Å². The fourth-order valence-electron chi connectivity index (χ4n) is 2.00. The molecule has 1 heterocycles. The molecule has 92 valence electrons. The van der Waals surface area contributed by atoms with Crippen LogP contribution in [0.15, 0.2) is 22.7 Å². The summed E-state index contributed by atoms with van der Waals surface area (Å²) in [4.78, 5) is 14.3. The lowest BCUT2D eigenvalue weighted by atomic mass is 10.1. The first-order chi connectivity index (χ1) is 8.11. The lowest BCUT2D eigenvalue weighted by Gasteiger charge is -2.33. The third-order valence-corrected chi connectivity index (χ3v) is 4.10. The Bertz CT molecular complexity index is 433. The van der Waals surface area contributed by atoms with Crippen molar-refractivity contribution in [3.8, 4) is 0 Å². The van der Waals surface area contributed by atoms with Gasteiger partial charge in [0, 0.05) is 11.0 Å². The quantitative estimate of drug-likeness (QED) is 0.797. The summed E-state index contributed by atoms with van der Waals surface area (Å²) in [6.45, 7) is 5.92. The number of amides is 1. The van der Waals surface area contributed by atoms with Gasteiger partial charge in [-0.15, -0.1) is 0 Å². The molecule has 4 heteroatoms. The largest absolute Gasteiger partial charge is 0.377 e. The van der Waals surface area contributed by atoms with E-state index in [1.165, 1.54) is 0 Å². The van der Waals surface area contributed by atoms with Crippen molar-refractivity contribution >= 4 is 21.8 Å². The highest BCUT2D eigenvalue weighted by atomic mass is 79.9. The van der Waals surface area contributed by atoms with Crippen LogP contribution in [-0.4, -0.2) is 36.6 Å². The summed E-state index contributed by atoms with van der Waals surface area (Å²) in [5.74, 6) is 0.0800. The van der Waals surface area contributed by atoms with Gasteiger partial charge in [0.2, 0.25) is 0 Å². The van der Waals surface area contributed by atoms with Crippen molar-refractivity contribution in [3.05, 3.63) is 33.8 Å². The Morgan fingerprint density at radius 3 is 3.00 bits per heavy atom. The van der Waals surface area contributed by atoms with Gasteiger partial charge in [0.05, 0.1) is 24.8 Å². The van der Waals surface area contributed by atoms with Crippen molar-refractivity contribution in [2.75, 3.05) is 19.8 Å². The second-order valence-electron chi connectivity index (χ2n) is 4.36. The van der Waals surface area contributed by atoms with E-state index < -0.39 is 0 Å². The first kappa shape index (κ1) is 12.6. The molecule has 1 amide bonds. The molecule has 0 aromatic heterocycles. The highest BCUT2D eigenvalue weighted by molar-refractivity contribution is 9.10. The zero-order chi connectivity index (χ0) is 12.4. The van der Waals surface area contributed by atoms with Crippen molar-refractivity contribution in [2.45, 2.75) is 19.9 Å². The van der Waals surface area contributed by atoms with Crippen LogP contribution in [0, 0.1) is 6.92 Å². The van der Waals surface area contributed by atoms with E-state index in [9.17, 15) is 4.79 Å². The number of rotatable bonds is 1. The summed E-state index contributed by atoms with van der Waals surface area (Å²) in [6, 6.07) is 5.91. The lowest BCUT2D eigenvalue weighted by Crippen LogP contribution is -2.47. The van der Waals surface area contributed by atoms with Gasteiger partial charge in [-0.3, -0.25) is 4.79 Å². The standard InChI is InChI=1S/C13H16BrNO2/c1-9-4-3-5-11(12(9)14)13(16)15-6-7-17-8-10(15)2/h3-5,10H,6-8H2,1-2H3. The average molecular weight is 298 g/mol. The van der Waals surface area contributed by atoms with E-state index in [0.29, 0.717) is 19.8 Å². The SMILES string of the molecule is Cc1cccc(C(=O)N2CCOCC2C)c1Br. The third kappa shape index (κ3) is 2.53. The van der Waals surface area contributed by atoms with Crippen LogP contribution in [0.25, 0.3) is 0 Å². The Kier molecular flexibility index (Phi) is 3.84. The number of aryl methyl sites for hydroxylation is 1. The van der Waals surface area contributed by atoms with E-state index in [2.05, 4.69) is 15.9 Å². The minimum atomic E-state index is 0.0800. The van der Waals surface area contributed by atoms with Crippen LogP contribution < -0.4 is 0 Å². The van der Waals surface area contributed by atoms with E-state index in [0.717, 1.165) is 15.6 Å². The topological polar surface area (TPSA) is 29.5 Å². The number of hydrogen-bond acceptors (Lipinski definition) is 2. The van der Waals surface area contributed by atoms with Crippen LogP contribution in [0.5, 0.6) is 0 Å². The molecule has 1 fully saturated rings. The molecule has 1 aliphatic heterocycles. The fourth-order valence-corrected chi connectivity index (χ4v) is 2.43. The van der Waals surface area contributed by atoms with Crippen molar-refractivity contribution < 1.29 is 9.53 Å². The van der Waals surface area contributed by atoms with Crippen LogP contribution >= 0.6 is 15.9 Å². The van der Waals surface area contributed by atoms with Crippen LogP contribution in [-0.2, 0) is 4.74 Å². The normalized spacial score (nSPS) is 20.4. The maximum Gasteiger partial charge on any atom is 0.255 e. The monoisotopic (exact) mass is 297 g/mol. The molecule has 0 aliphatic carbocycles. The Morgan fingerprint density at radius 1 is 1.53 bits per heavy atom. The van der Waals surface area contributed by atoms with E-state index in [1.807, 2.05) is 36.9 Å². The Labute approximate surface area is 110 Å². The lowest BCUT2D eigenvalue weighted by molar-refractivity contribution is 0.00354. The predicted molar refractivity (Wildman–Crippen MR) is 70.2 cm³/mol. The van der Waals surface area contributed by atoms with Gasteiger partial charge in [0.1, 0.15) is 0 Å². The summed E-state index contributed by atoms with van der Waals surface area (Å²) < 4.78 is 6.24. The highest BCUT2D eigenvalue weighted by Gasteiger charge is 2.26. The van der Waals surface area contributed by atoms with E-state index in [1.54, 1.807) is 0 Å². The summed E-state index contributed by atoms with van der Waals surface area (Å²) >= 11 is 3.49. The molecule has 1 unspecified atom stereocenters. The zero-order valence-electron chi connectivity index (χ0n) is 10.1. The first-order valence-electron chi connectivity index (χ1n) is 5.75. The molecular formula is C13H16BrNO2. The van der Waals surface area contributed by atoms with Gasteiger partial charge in [-0.05, 0) is 41.4 Å². The first-order valence-corrected chi connectivity index (χ1v) is 6.54. The minimum Gasteiger partial charge on any atom is -0.377 e. The zero-order valence-corrected chi connectivity index (χ0v) is 11.7. The van der Waals surface area contributed by atoms with Crippen LogP contribution in [0.1, 0.15) is 22.8 Å². The number of hydrogen-bond donors (Lipinski definition) is 0. The number of morpholine rings is 1. The minimum absolute atomic E-state index is 0.0800. The van der Waals surface area contributed by atoms with Crippen LogP contribution in [0.2, 0.25) is 0 Å². The molecule has 1 aliphatic rings. The smallest absolute Gasteiger partial charge is 0.255 e. The number of ether oxygens (including phenoxy) is 1. The van der Waals surface area contributed by atoms with Gasteiger partial charge in [0.15, 0.2) is 0 Å². The molecule has 1 aromatic rings. The van der Waals surface area contributed by atoms with Gasteiger partial charge in [-0.1, -0.05) is 12.1 Å². The fraction of sp³-hybridized carbons (Fsp3) is 0.462. The van der Waals surface area contributed by atoms with Gasteiger partial charge in [0.25, 0.3) is 5.91 Å². The molecule has 0 N–H and O–H groups in total. The molecule has 17 heavy (non-hydrogen) atoms. The van der Waals surface area contributed by atoms with Gasteiger partial charge in [-0.2, -0.15) is 0 Å². The molecule has 1 atom stereocenters. The molecule has 1 saturated heterocycles. The molecule has 3 nitrogen and oxygen atoms in total. The van der Waals surface area contributed by atoms with Gasteiger partial charge < -0.3 is 9.64 Å². The highest BCUT2D eigenvalue weighted by Crippen LogP contribution is 2.23. The van der Waals surface area contributed by atoms with Crippen molar-refractivity contribution in [1.82, 2.24) is 4.90 Å². The summed E-state index contributed by atoms with van der Waals surface area (Å²) in [5.41, 5.74) is 1.82. The number of benzene rings is 1. The Balaban J connectivity index is 2.27. The Hall–Kier alpha value is -0.870. The molecule has 0 spiro atoms. The summed E-state index contributed by atoms with van der Waals surface area (Å²) in [7, 11) is 0. The molecule has 1 aromatic carbocycles. The molecular weight excluding hydrogens is 282 g/mol. The van der Waals surface area contributed by atoms with E-state index in [-0.39, 0.29) is 11.9 Å². The second-order valence-corrected chi connectivity index (χ2v) is 5.15. The Morgan fingerprint density at radius 2 is 2.29 bits per heavy atom. The molecule has 2 rings (SSSR count). The molecule has 0 saturated carbocycles. The van der Waals surface area contributed by atoms with Crippen molar-refractivity contribution in [1.29, 1.82) is 0 Å². The summed E-state index contributed by atoms with van der Waals surface area (Å²) in [6.07, 6.45) is 0. The van der Waals surface area contributed by atoms with Crippen molar-refractivity contribution in [2.24, 2.45) is 0 Å². The van der Waals surface area contributed by atoms with Crippen LogP contribution in [0.3, 0.4) is 0 Å². The third-order valence-electron chi connectivity index (χ3n) is 3.05. The van der Waals surface area contributed by atoms with E-state index >= 15 is 0 Å². The molecule has 0 radical (unpaired) electrons. The molecule has 0 bridgehead atoms. The number of nitrogens with zero attached hydrogens (tertiary/aromatic N) is 1. The van der Waals surface area contributed by atoms with Gasteiger partial charge >= 0.3 is 0 Å². The second kappa shape index (κ2) is 5.19. The maximum atomic E-state index is 12.4. The predicted octanol–water partition coefficient (Wildman–Crippen LogP) is 2.62. The number of carbonyl (C=O) groups is 1. The average Bonchev–Trinajstić information content (AvgIpc) is 2.32. The number of halogens is 1.